The van der Waals surface area contributed by atoms with Gasteiger partial charge in [-0.25, -0.2) is 22.8 Å². The topological polar surface area (TPSA) is 110 Å². The zero-order chi connectivity index (χ0) is 21.1. The van der Waals surface area contributed by atoms with Crippen LogP contribution in [0.4, 0.5) is 10.2 Å². The van der Waals surface area contributed by atoms with E-state index in [0.717, 1.165) is 37.3 Å². The van der Waals surface area contributed by atoms with Gasteiger partial charge in [0.1, 0.15) is 34.7 Å². The molecule has 0 amide bonds. The van der Waals surface area contributed by atoms with Crippen LogP contribution < -0.4 is 9.46 Å². The molecular weight excluding hydrogens is 409 g/mol. The van der Waals surface area contributed by atoms with Gasteiger partial charge in [-0.05, 0) is 49.4 Å². The average Bonchev–Trinajstić information content (AvgIpc) is 3.26. The zero-order valence-corrected chi connectivity index (χ0v) is 17.2. The number of H-pyrrole nitrogens is 1. The first-order valence-corrected chi connectivity index (χ1v) is 11.2. The van der Waals surface area contributed by atoms with Crippen LogP contribution in [0.25, 0.3) is 0 Å². The van der Waals surface area contributed by atoms with Gasteiger partial charge in [0.2, 0.25) is 0 Å². The van der Waals surface area contributed by atoms with E-state index >= 15 is 0 Å². The molecule has 0 aliphatic heterocycles. The van der Waals surface area contributed by atoms with Gasteiger partial charge in [0.15, 0.2) is 0 Å². The summed E-state index contributed by atoms with van der Waals surface area (Å²) in [4.78, 5) is 7.08. The molecule has 0 saturated heterocycles. The Morgan fingerprint density at radius 3 is 2.83 bits per heavy atom. The highest BCUT2D eigenvalue weighted by atomic mass is 32.2. The number of ether oxygens (including phenoxy) is 1. The number of aromatic nitrogens is 4. The molecule has 158 valence electrons. The number of hydrogen-bond donors (Lipinski definition) is 2. The number of sulfonamides is 1. The van der Waals surface area contributed by atoms with E-state index in [4.69, 9.17) is 4.74 Å². The van der Waals surface area contributed by atoms with Crippen molar-refractivity contribution in [3.63, 3.8) is 0 Å². The van der Waals surface area contributed by atoms with Gasteiger partial charge in [-0.3, -0.25) is 9.82 Å². The summed E-state index contributed by atoms with van der Waals surface area (Å²) in [6, 6.07) is 3.81. The maximum atomic E-state index is 14.8. The molecule has 1 fully saturated rings. The van der Waals surface area contributed by atoms with E-state index in [-0.39, 0.29) is 17.8 Å². The van der Waals surface area contributed by atoms with E-state index in [9.17, 15) is 12.8 Å². The highest BCUT2D eigenvalue weighted by Gasteiger charge is 2.30. The third kappa shape index (κ3) is 4.28. The summed E-state index contributed by atoms with van der Waals surface area (Å²) in [5.74, 6) is -0.322. The molecule has 2 heterocycles. The Kier molecular flexibility index (Phi) is 5.67. The molecule has 2 atom stereocenters. The van der Waals surface area contributed by atoms with Crippen LogP contribution in [-0.2, 0) is 10.0 Å². The summed E-state index contributed by atoms with van der Waals surface area (Å²) in [7, 11) is -4.15. The minimum atomic E-state index is -4.15. The molecule has 3 aromatic rings. The number of rotatable bonds is 6. The summed E-state index contributed by atoms with van der Waals surface area (Å²) >= 11 is 0. The first-order valence-electron chi connectivity index (χ1n) is 9.68. The van der Waals surface area contributed by atoms with Crippen molar-refractivity contribution < 1.29 is 17.5 Å². The van der Waals surface area contributed by atoms with Crippen molar-refractivity contribution in [3.8, 4) is 5.75 Å². The normalized spacial score (nSPS) is 19.4. The predicted molar refractivity (Wildman–Crippen MR) is 108 cm³/mol. The van der Waals surface area contributed by atoms with E-state index in [2.05, 4.69) is 24.9 Å². The van der Waals surface area contributed by atoms with Crippen LogP contribution in [0.1, 0.15) is 42.7 Å². The predicted octanol–water partition coefficient (Wildman–Crippen LogP) is 3.55. The fraction of sp³-hybridized carbons (Fsp3) is 0.350. The second-order valence-electron chi connectivity index (χ2n) is 7.33. The monoisotopic (exact) mass is 431 g/mol. The first-order chi connectivity index (χ1) is 14.4. The van der Waals surface area contributed by atoms with Crippen LogP contribution in [0.15, 0.2) is 48.0 Å². The highest BCUT2D eigenvalue weighted by Crippen LogP contribution is 2.37. The van der Waals surface area contributed by atoms with Crippen LogP contribution in [0.3, 0.4) is 0 Å². The Balaban J connectivity index is 1.58. The molecule has 30 heavy (non-hydrogen) atoms. The Morgan fingerprint density at radius 1 is 1.27 bits per heavy atom. The SMILES string of the molecule is Cc1cc(S(=O)(=O)Nc2ccncn2)c(F)cc1O[C@H]1CCCC[C@@H]1c1cn[nH]c1. The molecule has 0 bridgehead atoms. The number of aryl methyl sites for hydroxylation is 1. The van der Waals surface area contributed by atoms with E-state index in [0.29, 0.717) is 11.3 Å². The lowest BCUT2D eigenvalue weighted by Gasteiger charge is -2.32. The molecule has 0 radical (unpaired) electrons. The van der Waals surface area contributed by atoms with Crippen molar-refractivity contribution in [2.45, 2.75) is 49.5 Å². The third-order valence-electron chi connectivity index (χ3n) is 5.27. The quantitative estimate of drug-likeness (QED) is 0.618. The Bertz CT molecular complexity index is 1110. The van der Waals surface area contributed by atoms with Gasteiger partial charge in [0.05, 0.1) is 6.20 Å². The summed E-state index contributed by atoms with van der Waals surface area (Å²) < 4.78 is 48.5. The van der Waals surface area contributed by atoms with Crippen molar-refractivity contribution in [2.24, 2.45) is 0 Å². The standard InChI is InChI=1S/C20H22FN5O3S/c1-13-8-19(30(27,28)26-20-6-7-22-12-23-20)16(21)9-18(13)29-17-5-3-2-4-15(17)14-10-24-25-11-14/h6-12,15,17H,2-5H2,1H3,(H,24,25)(H,22,23,26)/t15-,17+/m1/s1. The largest absolute Gasteiger partial charge is 0.489 e. The minimum absolute atomic E-state index is 0.0625. The highest BCUT2D eigenvalue weighted by molar-refractivity contribution is 7.92. The van der Waals surface area contributed by atoms with Gasteiger partial charge < -0.3 is 4.74 Å². The molecule has 1 saturated carbocycles. The molecule has 1 aliphatic carbocycles. The fourth-order valence-electron chi connectivity index (χ4n) is 3.76. The van der Waals surface area contributed by atoms with Crippen molar-refractivity contribution in [2.75, 3.05) is 4.72 Å². The van der Waals surface area contributed by atoms with E-state index < -0.39 is 20.7 Å². The van der Waals surface area contributed by atoms with Crippen molar-refractivity contribution in [3.05, 3.63) is 60.1 Å². The molecule has 2 aromatic heterocycles. The number of nitrogens with one attached hydrogen (secondary N) is 2. The molecule has 2 N–H and O–H groups in total. The summed E-state index contributed by atoms with van der Waals surface area (Å²) in [6.45, 7) is 1.70. The van der Waals surface area contributed by atoms with Gasteiger partial charge >= 0.3 is 0 Å². The maximum absolute atomic E-state index is 14.8. The number of benzene rings is 1. The van der Waals surface area contributed by atoms with E-state index in [1.807, 2.05) is 6.20 Å². The van der Waals surface area contributed by atoms with Gasteiger partial charge in [-0.2, -0.15) is 5.10 Å². The second kappa shape index (κ2) is 8.39. The fourth-order valence-corrected chi connectivity index (χ4v) is 4.91. The van der Waals surface area contributed by atoms with Crippen molar-refractivity contribution >= 4 is 15.8 Å². The molecule has 0 spiro atoms. The van der Waals surface area contributed by atoms with E-state index in [1.165, 1.54) is 24.7 Å². The van der Waals surface area contributed by atoms with Crippen LogP contribution in [0.5, 0.6) is 5.75 Å². The van der Waals surface area contributed by atoms with Crippen molar-refractivity contribution in [1.29, 1.82) is 0 Å². The van der Waals surface area contributed by atoms with Gasteiger partial charge in [-0.15, -0.1) is 0 Å². The van der Waals surface area contributed by atoms with Gasteiger partial charge in [0.25, 0.3) is 10.0 Å². The third-order valence-corrected chi connectivity index (χ3v) is 6.64. The summed E-state index contributed by atoms with van der Waals surface area (Å²) in [5.41, 5.74) is 1.60. The summed E-state index contributed by atoms with van der Waals surface area (Å²) in [6.07, 6.45) is 10.0. The first kappa shape index (κ1) is 20.3. The number of anilines is 1. The second-order valence-corrected chi connectivity index (χ2v) is 8.98. The minimum Gasteiger partial charge on any atom is -0.489 e. The lowest BCUT2D eigenvalue weighted by atomic mass is 9.83. The Hall–Kier alpha value is -3.01. The van der Waals surface area contributed by atoms with Crippen LogP contribution >= 0.6 is 0 Å². The molecular formula is C20H22FN5O3S. The molecule has 1 aromatic carbocycles. The van der Waals surface area contributed by atoms with Crippen LogP contribution in [0.2, 0.25) is 0 Å². The Labute approximate surface area is 174 Å². The lowest BCUT2D eigenvalue weighted by molar-refractivity contribution is 0.129. The number of hydrogen-bond acceptors (Lipinski definition) is 6. The van der Waals surface area contributed by atoms with Crippen LogP contribution in [0, 0.1) is 12.7 Å². The maximum Gasteiger partial charge on any atom is 0.265 e. The van der Waals surface area contributed by atoms with Gasteiger partial charge in [-0.1, -0.05) is 6.42 Å². The average molecular weight is 431 g/mol. The number of aromatic amines is 1. The van der Waals surface area contributed by atoms with E-state index in [1.54, 1.807) is 13.1 Å². The Morgan fingerprint density at radius 2 is 2.10 bits per heavy atom. The molecule has 8 nitrogen and oxygen atoms in total. The molecule has 1 aliphatic rings. The lowest BCUT2D eigenvalue weighted by Crippen LogP contribution is -2.29. The van der Waals surface area contributed by atoms with Crippen LogP contribution in [-0.4, -0.2) is 34.7 Å². The smallest absolute Gasteiger partial charge is 0.265 e. The number of halogens is 1. The van der Waals surface area contributed by atoms with Gasteiger partial charge in [0, 0.05) is 24.4 Å². The number of nitrogens with zero attached hydrogens (tertiary/aromatic N) is 3. The van der Waals surface area contributed by atoms with Crippen molar-refractivity contribution in [1.82, 2.24) is 20.2 Å². The zero-order valence-electron chi connectivity index (χ0n) is 16.4. The molecule has 4 rings (SSSR count). The molecule has 10 heteroatoms. The molecule has 0 unspecified atom stereocenters. The summed E-state index contributed by atoms with van der Waals surface area (Å²) in [5, 5.41) is 6.85.